The molecule has 3 heterocycles. The zero-order valence-electron chi connectivity index (χ0n) is 9.54. The Morgan fingerprint density at radius 2 is 2.19 bits per heavy atom. The first-order chi connectivity index (χ1) is 7.75. The van der Waals surface area contributed by atoms with Crippen LogP contribution in [-0.4, -0.2) is 6.54 Å². The van der Waals surface area contributed by atoms with Crippen molar-refractivity contribution in [3.05, 3.63) is 43.3 Å². The summed E-state index contributed by atoms with van der Waals surface area (Å²) in [7, 11) is 0. The monoisotopic (exact) mass is 249 g/mol. The van der Waals surface area contributed by atoms with Crippen molar-refractivity contribution >= 4 is 22.7 Å². The Bertz CT molecular complexity index is 510. The van der Waals surface area contributed by atoms with Gasteiger partial charge < -0.3 is 5.32 Å². The van der Waals surface area contributed by atoms with E-state index in [1.165, 1.54) is 27.3 Å². The molecule has 2 aromatic heterocycles. The van der Waals surface area contributed by atoms with Crippen LogP contribution >= 0.6 is 22.7 Å². The first-order valence-electron chi connectivity index (χ1n) is 5.62. The first kappa shape index (κ1) is 10.5. The van der Waals surface area contributed by atoms with Crippen molar-refractivity contribution < 1.29 is 0 Å². The highest BCUT2D eigenvalue weighted by Crippen LogP contribution is 2.36. The molecule has 0 aromatic carbocycles. The first-order valence-corrected chi connectivity index (χ1v) is 7.32. The van der Waals surface area contributed by atoms with Crippen LogP contribution in [0, 0.1) is 13.8 Å². The van der Waals surface area contributed by atoms with E-state index >= 15 is 0 Å². The molecule has 1 aliphatic heterocycles. The van der Waals surface area contributed by atoms with Crippen LogP contribution in [-0.2, 0) is 6.42 Å². The highest BCUT2D eigenvalue weighted by atomic mass is 32.1. The van der Waals surface area contributed by atoms with E-state index in [-0.39, 0.29) is 0 Å². The van der Waals surface area contributed by atoms with Crippen molar-refractivity contribution in [2.75, 3.05) is 6.54 Å². The topological polar surface area (TPSA) is 12.0 Å². The van der Waals surface area contributed by atoms with Crippen LogP contribution in [0.4, 0.5) is 0 Å². The van der Waals surface area contributed by atoms with Crippen LogP contribution in [0.2, 0.25) is 0 Å². The van der Waals surface area contributed by atoms with E-state index in [0.717, 1.165) is 6.54 Å². The fourth-order valence-corrected chi connectivity index (χ4v) is 4.35. The molecule has 1 nitrogen and oxygen atoms in total. The largest absolute Gasteiger partial charge is 0.306 e. The van der Waals surface area contributed by atoms with E-state index in [2.05, 4.69) is 36.7 Å². The van der Waals surface area contributed by atoms with Gasteiger partial charge in [0.05, 0.1) is 6.04 Å². The summed E-state index contributed by atoms with van der Waals surface area (Å²) >= 11 is 3.80. The van der Waals surface area contributed by atoms with E-state index in [0.29, 0.717) is 6.04 Å². The van der Waals surface area contributed by atoms with Crippen LogP contribution in [0.5, 0.6) is 0 Å². The third-order valence-electron chi connectivity index (χ3n) is 3.18. The van der Waals surface area contributed by atoms with Crippen molar-refractivity contribution in [2.45, 2.75) is 26.3 Å². The fraction of sp³-hybridized carbons (Fsp3) is 0.385. The third-order valence-corrected chi connectivity index (χ3v) is 5.16. The van der Waals surface area contributed by atoms with Gasteiger partial charge in [-0.3, -0.25) is 0 Å². The van der Waals surface area contributed by atoms with E-state index < -0.39 is 0 Å². The Balaban J connectivity index is 2.07. The molecule has 0 amide bonds. The molecule has 1 N–H and O–H groups in total. The molecule has 0 spiro atoms. The van der Waals surface area contributed by atoms with Gasteiger partial charge in [0.15, 0.2) is 0 Å². The molecule has 1 aliphatic rings. The van der Waals surface area contributed by atoms with Gasteiger partial charge in [0, 0.05) is 21.2 Å². The molecule has 2 aromatic rings. The summed E-state index contributed by atoms with van der Waals surface area (Å²) < 4.78 is 0. The van der Waals surface area contributed by atoms with Gasteiger partial charge in [-0.25, -0.2) is 0 Å². The number of hydrogen-bond donors (Lipinski definition) is 1. The zero-order chi connectivity index (χ0) is 11.1. The van der Waals surface area contributed by atoms with Crippen molar-refractivity contribution in [3.63, 3.8) is 0 Å². The molecule has 3 heteroatoms. The number of hydrogen-bond acceptors (Lipinski definition) is 3. The van der Waals surface area contributed by atoms with Crippen LogP contribution in [0.1, 0.15) is 31.8 Å². The SMILES string of the molecule is Cc1cc(C2NCCc3sccc32)c(C)s1. The molecule has 16 heavy (non-hydrogen) atoms. The standard InChI is InChI=1S/C13H15NS2/c1-8-7-11(9(2)16-8)13-10-4-6-15-12(10)3-5-14-13/h4,6-7,13-14H,3,5H2,1-2H3. The molecule has 84 valence electrons. The van der Waals surface area contributed by atoms with Crippen molar-refractivity contribution in [1.82, 2.24) is 5.32 Å². The Morgan fingerprint density at radius 3 is 2.94 bits per heavy atom. The van der Waals surface area contributed by atoms with Crippen molar-refractivity contribution in [1.29, 1.82) is 0 Å². The number of fused-ring (bicyclic) bond motifs is 1. The van der Waals surface area contributed by atoms with Crippen LogP contribution in [0.25, 0.3) is 0 Å². The number of nitrogens with one attached hydrogen (secondary N) is 1. The Morgan fingerprint density at radius 1 is 1.31 bits per heavy atom. The lowest BCUT2D eigenvalue weighted by atomic mass is 9.96. The molecule has 1 unspecified atom stereocenters. The zero-order valence-corrected chi connectivity index (χ0v) is 11.2. The molecular formula is C13H15NS2. The van der Waals surface area contributed by atoms with Gasteiger partial charge in [0.2, 0.25) is 0 Å². The highest BCUT2D eigenvalue weighted by molar-refractivity contribution is 7.12. The minimum Gasteiger partial charge on any atom is -0.306 e. The highest BCUT2D eigenvalue weighted by Gasteiger charge is 2.24. The molecule has 0 aliphatic carbocycles. The maximum absolute atomic E-state index is 3.65. The van der Waals surface area contributed by atoms with Gasteiger partial charge in [-0.05, 0) is 48.9 Å². The molecular weight excluding hydrogens is 234 g/mol. The lowest BCUT2D eigenvalue weighted by Gasteiger charge is -2.24. The average molecular weight is 249 g/mol. The fourth-order valence-electron chi connectivity index (χ4n) is 2.47. The van der Waals surface area contributed by atoms with E-state index in [1.54, 1.807) is 4.88 Å². The third kappa shape index (κ3) is 1.63. The Kier molecular flexibility index (Phi) is 2.62. The van der Waals surface area contributed by atoms with E-state index in [4.69, 9.17) is 0 Å². The molecule has 0 bridgehead atoms. The van der Waals surface area contributed by atoms with Gasteiger partial charge in [0.25, 0.3) is 0 Å². The summed E-state index contributed by atoms with van der Waals surface area (Å²) in [5.41, 5.74) is 2.97. The van der Waals surface area contributed by atoms with Crippen molar-refractivity contribution in [2.24, 2.45) is 0 Å². The number of aryl methyl sites for hydroxylation is 2. The predicted molar refractivity (Wildman–Crippen MR) is 71.7 cm³/mol. The number of thiophene rings is 2. The summed E-state index contributed by atoms with van der Waals surface area (Å²) in [5.74, 6) is 0. The van der Waals surface area contributed by atoms with Crippen LogP contribution < -0.4 is 5.32 Å². The lowest BCUT2D eigenvalue weighted by Crippen LogP contribution is -2.29. The van der Waals surface area contributed by atoms with Gasteiger partial charge in [-0.1, -0.05) is 0 Å². The molecule has 0 fully saturated rings. The Labute approximate surface area is 104 Å². The molecule has 0 saturated heterocycles. The molecule has 3 rings (SSSR count). The quantitative estimate of drug-likeness (QED) is 0.813. The minimum absolute atomic E-state index is 0.431. The van der Waals surface area contributed by atoms with Crippen LogP contribution in [0.3, 0.4) is 0 Å². The summed E-state index contributed by atoms with van der Waals surface area (Å²) in [4.78, 5) is 4.43. The molecule has 0 radical (unpaired) electrons. The number of rotatable bonds is 1. The second-order valence-corrected chi connectivity index (χ2v) is 6.77. The van der Waals surface area contributed by atoms with Gasteiger partial charge in [0.1, 0.15) is 0 Å². The normalized spacial score (nSPS) is 19.8. The minimum atomic E-state index is 0.431. The van der Waals surface area contributed by atoms with Gasteiger partial charge in [-0.2, -0.15) is 0 Å². The maximum Gasteiger partial charge on any atom is 0.0598 e. The summed E-state index contributed by atoms with van der Waals surface area (Å²) in [6.07, 6.45) is 1.19. The second kappa shape index (κ2) is 3.99. The lowest BCUT2D eigenvalue weighted by molar-refractivity contribution is 0.574. The Hall–Kier alpha value is -0.640. The smallest absolute Gasteiger partial charge is 0.0598 e. The van der Waals surface area contributed by atoms with Crippen molar-refractivity contribution in [3.8, 4) is 0 Å². The van der Waals surface area contributed by atoms with E-state index in [1.807, 2.05) is 22.7 Å². The van der Waals surface area contributed by atoms with Crippen LogP contribution in [0.15, 0.2) is 17.5 Å². The summed E-state index contributed by atoms with van der Waals surface area (Å²) in [6, 6.07) is 5.05. The summed E-state index contributed by atoms with van der Waals surface area (Å²) in [5, 5.41) is 5.87. The van der Waals surface area contributed by atoms with E-state index in [9.17, 15) is 0 Å². The average Bonchev–Trinajstić information content (AvgIpc) is 2.84. The van der Waals surface area contributed by atoms with Gasteiger partial charge >= 0.3 is 0 Å². The van der Waals surface area contributed by atoms with Gasteiger partial charge in [-0.15, -0.1) is 22.7 Å². The molecule has 1 atom stereocenters. The molecule has 0 saturated carbocycles. The maximum atomic E-state index is 3.65. The second-order valence-electron chi connectivity index (χ2n) is 4.30. The summed E-state index contributed by atoms with van der Waals surface area (Å²) in [6.45, 7) is 5.53. The predicted octanol–water partition coefficient (Wildman–Crippen LogP) is 3.66.